The Balaban J connectivity index is 2.54. The van der Waals surface area contributed by atoms with Crippen molar-refractivity contribution in [2.45, 2.75) is 6.92 Å². The van der Waals surface area contributed by atoms with Crippen LogP contribution in [-0.4, -0.2) is 7.28 Å². The van der Waals surface area contributed by atoms with Gasteiger partial charge in [-0.05, 0) is 23.9 Å². The summed E-state index contributed by atoms with van der Waals surface area (Å²) >= 11 is 0. The number of hydrogen-bond acceptors (Lipinski definition) is 0. The van der Waals surface area contributed by atoms with Crippen molar-refractivity contribution < 1.29 is 26.3 Å². The van der Waals surface area contributed by atoms with Gasteiger partial charge in [0.05, 0.1) is 0 Å². The Kier molecular flexibility index (Phi) is 3.79. The lowest BCUT2D eigenvalue weighted by Crippen LogP contribution is -2.36. The molecule has 0 bridgehead atoms. The minimum Gasteiger partial charge on any atom is -0.207 e. The van der Waals surface area contributed by atoms with Crippen molar-refractivity contribution in [1.82, 2.24) is 0 Å². The lowest BCUT2D eigenvalue weighted by Gasteiger charge is -2.09. The van der Waals surface area contributed by atoms with Crippen LogP contribution in [0.25, 0.3) is 0 Å². The number of hydrogen-bond donors (Lipinski definition) is 0. The van der Waals surface area contributed by atoms with E-state index in [9.17, 15) is 26.3 Å². The van der Waals surface area contributed by atoms with E-state index in [2.05, 4.69) is 0 Å². The summed E-state index contributed by atoms with van der Waals surface area (Å²) in [4.78, 5) is 0. The zero-order chi connectivity index (χ0) is 15.0. The summed E-state index contributed by atoms with van der Waals surface area (Å²) in [5.41, 5.74) is -1.92. The molecule has 0 aliphatic heterocycles. The van der Waals surface area contributed by atoms with Crippen molar-refractivity contribution in [1.29, 1.82) is 0 Å². The molecule has 103 valence electrons. The van der Waals surface area contributed by atoms with E-state index in [1.54, 1.807) is 0 Å². The van der Waals surface area contributed by atoms with Crippen LogP contribution in [0.4, 0.5) is 26.3 Å². The van der Waals surface area contributed by atoms with Gasteiger partial charge in [-0.2, -0.15) is 0 Å². The maximum atomic E-state index is 13.7. The van der Waals surface area contributed by atoms with Gasteiger partial charge in [-0.1, -0.05) is 0 Å². The molecule has 0 nitrogen and oxygen atoms in total. The monoisotopic (exact) mass is 287 g/mol. The van der Waals surface area contributed by atoms with Gasteiger partial charge < -0.3 is 0 Å². The molecule has 7 heteroatoms. The Bertz CT molecular complexity index is 683. The summed E-state index contributed by atoms with van der Waals surface area (Å²) in [7, 11) is 0.582. The third-order valence-corrected chi connectivity index (χ3v) is 2.76. The zero-order valence-electron chi connectivity index (χ0n) is 10.1. The molecule has 0 N–H and O–H groups in total. The first kappa shape index (κ1) is 14.5. The molecular formula is C13H6BF6. The van der Waals surface area contributed by atoms with Crippen LogP contribution in [-0.2, 0) is 0 Å². The minimum atomic E-state index is -1.49. The van der Waals surface area contributed by atoms with E-state index in [0.29, 0.717) is 25.5 Å². The van der Waals surface area contributed by atoms with Crippen molar-refractivity contribution in [3.63, 3.8) is 0 Å². The highest BCUT2D eigenvalue weighted by Gasteiger charge is 2.20. The molecule has 0 fully saturated rings. The molecule has 0 saturated carbocycles. The van der Waals surface area contributed by atoms with Gasteiger partial charge in [0.1, 0.15) is 23.3 Å². The second-order valence-corrected chi connectivity index (χ2v) is 4.13. The Morgan fingerprint density at radius 3 is 2.05 bits per heavy atom. The van der Waals surface area contributed by atoms with Gasteiger partial charge in [-0.3, -0.25) is 0 Å². The molecule has 0 spiro atoms. The van der Waals surface area contributed by atoms with Crippen LogP contribution < -0.4 is 10.9 Å². The average Bonchev–Trinajstić information content (AvgIpc) is 2.37. The van der Waals surface area contributed by atoms with Crippen LogP contribution in [0, 0.1) is 41.8 Å². The molecule has 0 amide bonds. The smallest absolute Gasteiger partial charge is 0.203 e. The Hall–Kier alpha value is -1.92. The molecule has 0 aliphatic rings. The molecule has 0 aliphatic carbocycles. The summed E-state index contributed by atoms with van der Waals surface area (Å²) < 4.78 is 79.7. The molecular weight excluding hydrogens is 281 g/mol. The molecule has 0 atom stereocenters. The predicted octanol–water partition coefficient (Wildman–Crippen LogP) is 2.48. The second kappa shape index (κ2) is 5.23. The SMILES string of the molecule is Cc1c(F)cc(F)c([B]c2cc(F)cc(F)c2F)c1F. The molecule has 20 heavy (non-hydrogen) atoms. The van der Waals surface area contributed by atoms with Gasteiger partial charge in [0, 0.05) is 17.7 Å². The zero-order valence-corrected chi connectivity index (χ0v) is 10.1. The Labute approximate surface area is 111 Å². The second-order valence-electron chi connectivity index (χ2n) is 4.13. The summed E-state index contributed by atoms with van der Waals surface area (Å²) in [5, 5.41) is 0. The highest BCUT2D eigenvalue weighted by atomic mass is 19.2. The first-order chi connectivity index (χ1) is 9.31. The molecule has 2 rings (SSSR count). The van der Waals surface area contributed by atoms with E-state index in [4.69, 9.17) is 0 Å². The van der Waals surface area contributed by atoms with Crippen LogP contribution in [0.15, 0.2) is 18.2 Å². The van der Waals surface area contributed by atoms with Crippen molar-refractivity contribution in [3.05, 3.63) is 58.7 Å². The molecule has 0 aromatic heterocycles. The molecule has 2 aromatic rings. The summed E-state index contributed by atoms with van der Waals surface area (Å²) in [5.74, 6) is -7.71. The summed E-state index contributed by atoms with van der Waals surface area (Å²) in [6, 6.07) is 1.29. The molecule has 0 saturated heterocycles. The molecule has 2 aromatic carbocycles. The van der Waals surface area contributed by atoms with Crippen molar-refractivity contribution in [3.8, 4) is 0 Å². The van der Waals surface area contributed by atoms with Gasteiger partial charge in [0.2, 0.25) is 7.28 Å². The summed E-state index contributed by atoms with van der Waals surface area (Å²) in [6.07, 6.45) is 0. The first-order valence-electron chi connectivity index (χ1n) is 5.44. The largest absolute Gasteiger partial charge is 0.207 e. The van der Waals surface area contributed by atoms with E-state index in [-0.39, 0.29) is 0 Å². The van der Waals surface area contributed by atoms with Crippen LogP contribution >= 0.6 is 0 Å². The van der Waals surface area contributed by atoms with Crippen molar-refractivity contribution in [2.75, 3.05) is 0 Å². The van der Waals surface area contributed by atoms with Gasteiger partial charge in [0.25, 0.3) is 0 Å². The molecule has 1 radical (unpaired) electrons. The quantitative estimate of drug-likeness (QED) is 0.452. The highest BCUT2D eigenvalue weighted by molar-refractivity contribution is 6.67. The van der Waals surface area contributed by atoms with Crippen LogP contribution in [0.3, 0.4) is 0 Å². The maximum absolute atomic E-state index is 13.7. The molecule has 0 unspecified atom stereocenters. The fourth-order valence-electron chi connectivity index (χ4n) is 1.68. The van der Waals surface area contributed by atoms with E-state index in [1.165, 1.54) is 0 Å². The first-order valence-corrected chi connectivity index (χ1v) is 5.44. The van der Waals surface area contributed by atoms with Crippen molar-refractivity contribution in [2.24, 2.45) is 0 Å². The lowest BCUT2D eigenvalue weighted by atomic mass is 9.63. The van der Waals surface area contributed by atoms with E-state index in [1.807, 2.05) is 0 Å². The van der Waals surface area contributed by atoms with E-state index < -0.39 is 51.4 Å². The van der Waals surface area contributed by atoms with Crippen LogP contribution in [0.5, 0.6) is 0 Å². The average molecular weight is 287 g/mol. The van der Waals surface area contributed by atoms with Gasteiger partial charge in [0.15, 0.2) is 11.6 Å². The van der Waals surface area contributed by atoms with Gasteiger partial charge in [-0.15, -0.1) is 0 Å². The topological polar surface area (TPSA) is 0 Å². The van der Waals surface area contributed by atoms with Crippen LogP contribution in [0.1, 0.15) is 5.56 Å². The highest BCUT2D eigenvalue weighted by Crippen LogP contribution is 2.12. The van der Waals surface area contributed by atoms with Gasteiger partial charge >= 0.3 is 0 Å². The predicted molar refractivity (Wildman–Crippen MR) is 62.4 cm³/mol. The summed E-state index contributed by atoms with van der Waals surface area (Å²) in [6.45, 7) is 1.06. The van der Waals surface area contributed by atoms with Crippen molar-refractivity contribution >= 4 is 18.2 Å². The standard InChI is InChI=1S/C13H6BF6/c1-5-8(16)4-9(17)11(12(5)19)14-7-2-6(15)3-10(18)13(7)20/h2-4H,1H3. The normalized spacial score (nSPS) is 10.8. The van der Waals surface area contributed by atoms with E-state index in [0.717, 1.165) is 6.92 Å². The third kappa shape index (κ3) is 2.52. The van der Waals surface area contributed by atoms with Crippen LogP contribution in [0.2, 0.25) is 0 Å². The fourth-order valence-corrected chi connectivity index (χ4v) is 1.68. The van der Waals surface area contributed by atoms with E-state index >= 15 is 0 Å². The minimum absolute atomic E-state index is 0.301. The number of rotatable bonds is 2. The molecule has 0 heterocycles. The maximum Gasteiger partial charge on any atom is 0.203 e. The fraction of sp³-hybridized carbons (Fsp3) is 0.0769. The van der Waals surface area contributed by atoms with Gasteiger partial charge in [-0.25, -0.2) is 26.3 Å². The lowest BCUT2D eigenvalue weighted by molar-refractivity contribution is 0.500. The third-order valence-electron chi connectivity index (χ3n) is 2.76. The number of benzene rings is 2. The Morgan fingerprint density at radius 2 is 1.40 bits per heavy atom. The number of halogens is 6. The Morgan fingerprint density at radius 1 is 0.750 bits per heavy atom.